The molecule has 12 heteroatoms. The highest BCUT2D eigenvalue weighted by Gasteiger charge is 2.64. The molecular weight excluding hydrogens is 530 g/mol. The summed E-state index contributed by atoms with van der Waals surface area (Å²) in [5.74, 6) is -5.52. The lowest BCUT2D eigenvalue weighted by molar-refractivity contribution is -0.153. The minimum absolute atomic E-state index is 0.0758. The van der Waals surface area contributed by atoms with E-state index in [0.29, 0.717) is 35.5 Å². The Kier molecular flexibility index (Phi) is 6.29. The van der Waals surface area contributed by atoms with E-state index in [1.807, 2.05) is 25.1 Å². The number of carbonyl (C=O) groups excluding carboxylic acids is 3. The summed E-state index contributed by atoms with van der Waals surface area (Å²) in [6.45, 7) is 2.42. The number of ketones is 2. The number of amides is 1. The van der Waals surface area contributed by atoms with E-state index >= 15 is 0 Å². The highest BCUT2D eigenvalue weighted by Crippen LogP contribution is 2.53. The lowest BCUT2D eigenvalue weighted by atomic mass is 9.57. The van der Waals surface area contributed by atoms with Gasteiger partial charge in [-0.15, -0.1) is 0 Å². The second-order valence-corrected chi connectivity index (χ2v) is 12.0. The third-order valence-electron chi connectivity index (χ3n) is 9.16. The Balaban J connectivity index is 1.55. The maximum Gasteiger partial charge on any atom is 0.255 e. The number of primary amides is 1. The second-order valence-electron chi connectivity index (χ2n) is 12.0. The van der Waals surface area contributed by atoms with Crippen molar-refractivity contribution in [3.05, 3.63) is 40.0 Å². The standard InChI is InChI=1S/C29H35N5O7/c1-32(2)17-11-16-25(41-18(31-16)12-34-7-5-6-8-34)20-14(17)9-13-10-15-22(33(3)4)24(36)21(28(30)39)27(38)29(15,40)26(37)19(13)23(20)35/h11,13,15,22,35,38,40H,5-10,12H2,1-4H3,(H2,30,39)/t13-,15-,22-,29-/m0/s1. The highest BCUT2D eigenvalue weighted by atomic mass is 16.4. The van der Waals surface area contributed by atoms with Crippen molar-refractivity contribution in [1.82, 2.24) is 14.8 Å². The molecule has 1 saturated heterocycles. The molecule has 218 valence electrons. The van der Waals surface area contributed by atoms with E-state index in [2.05, 4.69) is 4.90 Å². The second kappa shape index (κ2) is 9.40. The average Bonchev–Trinajstić information content (AvgIpc) is 3.54. The molecule has 12 nitrogen and oxygen atoms in total. The molecule has 2 heterocycles. The average molecular weight is 566 g/mol. The molecule has 1 amide bonds. The molecule has 2 fully saturated rings. The molecule has 0 bridgehead atoms. The quantitative estimate of drug-likeness (QED) is 0.382. The number of Topliss-reactive ketones (excluding diaryl/α,β-unsaturated/α-hetero) is 2. The summed E-state index contributed by atoms with van der Waals surface area (Å²) in [4.78, 5) is 50.0. The molecule has 41 heavy (non-hydrogen) atoms. The van der Waals surface area contributed by atoms with E-state index in [1.165, 1.54) is 4.90 Å². The van der Waals surface area contributed by atoms with Crippen LogP contribution in [0.5, 0.6) is 0 Å². The normalized spacial score (nSPS) is 28.4. The smallest absolute Gasteiger partial charge is 0.255 e. The number of anilines is 1. The molecule has 3 aliphatic carbocycles. The molecule has 0 spiro atoms. The summed E-state index contributed by atoms with van der Waals surface area (Å²) >= 11 is 0. The fraction of sp³-hybridized carbons (Fsp3) is 0.517. The molecule has 1 aromatic carbocycles. The number of nitrogens with zero attached hydrogens (tertiary/aromatic N) is 4. The van der Waals surface area contributed by atoms with Crippen LogP contribution in [0.3, 0.4) is 0 Å². The summed E-state index contributed by atoms with van der Waals surface area (Å²) in [7, 11) is 6.95. The van der Waals surface area contributed by atoms with Gasteiger partial charge < -0.3 is 30.4 Å². The van der Waals surface area contributed by atoms with Crippen LogP contribution < -0.4 is 10.6 Å². The molecule has 0 radical (unpaired) electrons. The van der Waals surface area contributed by atoms with Crippen LogP contribution in [0.2, 0.25) is 0 Å². The lowest BCUT2D eigenvalue weighted by Gasteiger charge is -2.50. The molecule has 6 rings (SSSR count). The fourth-order valence-corrected chi connectivity index (χ4v) is 7.32. The summed E-state index contributed by atoms with van der Waals surface area (Å²) in [5.41, 5.74) is 4.68. The first-order valence-corrected chi connectivity index (χ1v) is 13.9. The molecule has 2 aromatic rings. The van der Waals surface area contributed by atoms with Crippen LogP contribution in [0.15, 0.2) is 27.4 Å². The fourth-order valence-electron chi connectivity index (χ4n) is 7.32. The number of hydrogen-bond acceptors (Lipinski definition) is 11. The zero-order valence-electron chi connectivity index (χ0n) is 23.6. The Hall–Kier alpha value is -3.74. The zero-order chi connectivity index (χ0) is 29.5. The lowest BCUT2D eigenvalue weighted by Crippen LogP contribution is -2.65. The van der Waals surface area contributed by atoms with Gasteiger partial charge in [-0.1, -0.05) is 0 Å². The van der Waals surface area contributed by atoms with E-state index in [0.717, 1.165) is 37.2 Å². The number of benzene rings is 1. The topological polar surface area (TPSA) is 174 Å². The van der Waals surface area contributed by atoms with Crippen molar-refractivity contribution in [3.8, 4) is 0 Å². The first-order valence-electron chi connectivity index (χ1n) is 13.9. The van der Waals surface area contributed by atoms with Crippen LogP contribution in [0.1, 0.15) is 36.3 Å². The van der Waals surface area contributed by atoms with Crippen molar-refractivity contribution in [2.45, 2.75) is 43.9 Å². The Labute approximate surface area is 236 Å². The van der Waals surface area contributed by atoms with Crippen molar-refractivity contribution in [2.75, 3.05) is 46.2 Å². The number of oxazole rings is 1. The van der Waals surface area contributed by atoms with Gasteiger partial charge in [-0.05, 0) is 70.4 Å². The highest BCUT2D eigenvalue weighted by molar-refractivity contribution is 6.24. The van der Waals surface area contributed by atoms with Crippen molar-refractivity contribution in [2.24, 2.45) is 17.6 Å². The van der Waals surface area contributed by atoms with Gasteiger partial charge >= 0.3 is 0 Å². The number of fused-ring (bicyclic) bond motifs is 5. The van der Waals surface area contributed by atoms with Crippen LogP contribution in [-0.2, 0) is 27.3 Å². The van der Waals surface area contributed by atoms with Gasteiger partial charge in [-0.3, -0.25) is 24.2 Å². The molecule has 1 aliphatic heterocycles. The van der Waals surface area contributed by atoms with Gasteiger partial charge in [0.25, 0.3) is 5.91 Å². The predicted octanol–water partition coefficient (Wildman–Crippen LogP) is 1.06. The predicted molar refractivity (Wildman–Crippen MR) is 149 cm³/mol. The molecular formula is C29H35N5O7. The first-order chi connectivity index (χ1) is 19.4. The molecule has 1 saturated carbocycles. The number of aliphatic hydroxyl groups excluding tert-OH is 2. The van der Waals surface area contributed by atoms with Gasteiger partial charge in [-0.25, -0.2) is 4.98 Å². The van der Waals surface area contributed by atoms with Crippen LogP contribution in [0.25, 0.3) is 16.9 Å². The van der Waals surface area contributed by atoms with Crippen LogP contribution in [-0.4, -0.2) is 101 Å². The molecule has 4 atom stereocenters. The Morgan fingerprint density at radius 3 is 2.49 bits per heavy atom. The minimum atomic E-state index is -2.62. The summed E-state index contributed by atoms with van der Waals surface area (Å²) in [6, 6.07) is 0.816. The van der Waals surface area contributed by atoms with Crippen LogP contribution >= 0.6 is 0 Å². The number of nitrogens with two attached hydrogens (primary N) is 1. The largest absolute Gasteiger partial charge is 0.508 e. The number of likely N-dealkylation sites (tertiary alicyclic amines) is 1. The van der Waals surface area contributed by atoms with Crippen molar-refractivity contribution >= 4 is 40.0 Å². The van der Waals surface area contributed by atoms with E-state index in [-0.39, 0.29) is 17.8 Å². The number of likely N-dealkylation sites (N-methyl/N-ethyl adjacent to an activating group) is 1. The summed E-state index contributed by atoms with van der Waals surface area (Å²) < 4.78 is 6.20. The number of carbonyl (C=O) groups is 3. The maximum absolute atomic E-state index is 14.2. The van der Waals surface area contributed by atoms with Crippen LogP contribution in [0.4, 0.5) is 5.69 Å². The van der Waals surface area contributed by atoms with E-state index in [1.54, 1.807) is 14.1 Å². The first kappa shape index (κ1) is 27.4. The Morgan fingerprint density at radius 1 is 1.20 bits per heavy atom. The van der Waals surface area contributed by atoms with Gasteiger partial charge in [0, 0.05) is 31.3 Å². The van der Waals surface area contributed by atoms with E-state index in [9.17, 15) is 29.7 Å². The monoisotopic (exact) mass is 565 g/mol. The number of aromatic nitrogens is 1. The van der Waals surface area contributed by atoms with Crippen molar-refractivity contribution < 1.29 is 34.1 Å². The Bertz CT molecular complexity index is 1560. The van der Waals surface area contributed by atoms with Gasteiger partial charge in [0.05, 0.1) is 18.2 Å². The molecule has 1 aromatic heterocycles. The van der Waals surface area contributed by atoms with Gasteiger partial charge in [0.2, 0.25) is 11.7 Å². The van der Waals surface area contributed by atoms with Gasteiger partial charge in [0.1, 0.15) is 22.6 Å². The SMILES string of the molecule is CN(C)c1cc2nc(CN3CCCC3)oc2c2c1C[C@H]1C[C@H]3[C@H](N(C)C)C(=O)C(C(N)=O)=C(O)[C@@]3(O)C(=O)C1=C2O. The minimum Gasteiger partial charge on any atom is -0.508 e. The third-order valence-corrected chi connectivity index (χ3v) is 9.16. The maximum atomic E-state index is 14.2. The number of hydrogen-bond donors (Lipinski definition) is 4. The van der Waals surface area contributed by atoms with E-state index in [4.69, 9.17) is 15.1 Å². The van der Waals surface area contributed by atoms with Crippen molar-refractivity contribution in [1.29, 1.82) is 0 Å². The number of rotatable bonds is 5. The van der Waals surface area contributed by atoms with Gasteiger partial charge in [0.15, 0.2) is 17.0 Å². The molecule has 0 unspecified atom stereocenters. The number of aliphatic hydroxyl groups is 3. The van der Waals surface area contributed by atoms with Crippen LogP contribution in [0, 0.1) is 11.8 Å². The summed E-state index contributed by atoms with van der Waals surface area (Å²) in [5, 5.41) is 34.7. The Morgan fingerprint density at radius 2 is 1.88 bits per heavy atom. The van der Waals surface area contributed by atoms with E-state index < -0.39 is 52.3 Å². The third kappa shape index (κ3) is 3.84. The molecule has 4 aliphatic rings. The van der Waals surface area contributed by atoms with Crippen molar-refractivity contribution in [3.63, 3.8) is 0 Å². The zero-order valence-corrected chi connectivity index (χ0v) is 23.6. The van der Waals surface area contributed by atoms with Gasteiger partial charge in [-0.2, -0.15) is 0 Å². The summed E-state index contributed by atoms with van der Waals surface area (Å²) in [6.07, 6.45) is 2.63. The molecule has 5 N–H and O–H groups in total.